The Kier molecular flexibility index (Phi) is 5.57. The summed E-state index contributed by atoms with van der Waals surface area (Å²) in [6.07, 6.45) is 3.39. The summed E-state index contributed by atoms with van der Waals surface area (Å²) in [4.78, 5) is 22.9. The third kappa shape index (κ3) is 3.85. The fraction of sp³-hybridized carbons (Fsp3) is 0.238. The van der Waals surface area contributed by atoms with Crippen LogP contribution >= 0.6 is 0 Å². The smallest absolute Gasteiger partial charge is 0.405 e. The summed E-state index contributed by atoms with van der Waals surface area (Å²) < 4.78 is 10.8. The van der Waals surface area contributed by atoms with Crippen molar-refractivity contribution >= 4 is 12.4 Å². The Morgan fingerprint density at radius 2 is 2.07 bits per heavy atom. The van der Waals surface area contributed by atoms with Crippen LogP contribution in [0.15, 0.2) is 54.6 Å². The van der Waals surface area contributed by atoms with E-state index in [2.05, 4.69) is 5.32 Å². The summed E-state index contributed by atoms with van der Waals surface area (Å²) in [5.74, 6) is 0.742. The summed E-state index contributed by atoms with van der Waals surface area (Å²) >= 11 is 0. The highest BCUT2D eigenvalue weighted by Crippen LogP contribution is 2.35. The number of nitrogens with one attached hydrogen (secondary N) is 1. The SMILES string of the molecule is COCCOc1ccccc1-c1ccc2c(c1)CC=C[C@]2(C=O)NC(=O)O. The minimum Gasteiger partial charge on any atom is -0.491 e. The van der Waals surface area contributed by atoms with E-state index in [9.17, 15) is 9.59 Å². The molecule has 0 unspecified atom stereocenters. The van der Waals surface area contributed by atoms with E-state index in [1.807, 2.05) is 36.4 Å². The highest BCUT2D eigenvalue weighted by molar-refractivity contribution is 5.82. The average molecular weight is 367 g/mol. The first-order valence-electron chi connectivity index (χ1n) is 8.59. The second kappa shape index (κ2) is 8.05. The highest BCUT2D eigenvalue weighted by Gasteiger charge is 2.35. The van der Waals surface area contributed by atoms with Crippen LogP contribution in [0, 0.1) is 0 Å². The normalized spacial score (nSPS) is 17.8. The monoisotopic (exact) mass is 367 g/mol. The number of allylic oxidation sites excluding steroid dienone is 1. The Morgan fingerprint density at radius 1 is 1.26 bits per heavy atom. The van der Waals surface area contributed by atoms with Gasteiger partial charge in [0.2, 0.25) is 0 Å². The number of hydrogen-bond donors (Lipinski definition) is 2. The van der Waals surface area contributed by atoms with Gasteiger partial charge in [-0.05, 0) is 29.2 Å². The van der Waals surface area contributed by atoms with Crippen LogP contribution in [-0.4, -0.2) is 37.8 Å². The van der Waals surface area contributed by atoms with Crippen molar-refractivity contribution in [2.24, 2.45) is 0 Å². The second-order valence-electron chi connectivity index (χ2n) is 6.23. The molecular weight excluding hydrogens is 346 g/mol. The maximum atomic E-state index is 11.7. The first-order chi connectivity index (χ1) is 13.1. The van der Waals surface area contributed by atoms with Gasteiger partial charge in [0.15, 0.2) is 6.29 Å². The van der Waals surface area contributed by atoms with Gasteiger partial charge in [0, 0.05) is 12.7 Å². The number of carboxylic acid groups (broad SMARTS) is 1. The molecule has 140 valence electrons. The lowest BCUT2D eigenvalue weighted by Gasteiger charge is -2.30. The van der Waals surface area contributed by atoms with E-state index in [1.54, 1.807) is 25.3 Å². The van der Waals surface area contributed by atoms with Gasteiger partial charge < -0.3 is 19.9 Å². The molecule has 2 aromatic rings. The molecule has 0 bridgehead atoms. The number of aldehydes is 1. The maximum Gasteiger partial charge on any atom is 0.405 e. The Hall–Kier alpha value is -3.12. The summed E-state index contributed by atoms with van der Waals surface area (Å²) in [7, 11) is 1.62. The average Bonchev–Trinajstić information content (AvgIpc) is 2.68. The number of rotatable bonds is 7. The first kappa shape index (κ1) is 18.7. The number of carbonyl (C=O) groups excluding carboxylic acids is 1. The minimum absolute atomic E-state index is 0.442. The van der Waals surface area contributed by atoms with Crippen molar-refractivity contribution in [3.05, 3.63) is 65.7 Å². The van der Waals surface area contributed by atoms with Crippen LogP contribution in [0.5, 0.6) is 5.75 Å². The van der Waals surface area contributed by atoms with Crippen LogP contribution in [0.4, 0.5) is 4.79 Å². The Morgan fingerprint density at radius 3 is 2.81 bits per heavy atom. The van der Waals surface area contributed by atoms with E-state index >= 15 is 0 Å². The zero-order chi connectivity index (χ0) is 19.3. The van der Waals surface area contributed by atoms with Gasteiger partial charge in [-0.2, -0.15) is 0 Å². The number of ether oxygens (including phenoxy) is 2. The van der Waals surface area contributed by atoms with Gasteiger partial charge in [0.1, 0.15) is 17.9 Å². The van der Waals surface area contributed by atoms with E-state index in [4.69, 9.17) is 14.6 Å². The van der Waals surface area contributed by atoms with Gasteiger partial charge in [-0.25, -0.2) is 4.79 Å². The quantitative estimate of drug-likeness (QED) is 0.446. The Labute approximate surface area is 157 Å². The molecule has 0 spiro atoms. The molecule has 0 heterocycles. The number of fused-ring (bicyclic) bond motifs is 1. The summed E-state index contributed by atoms with van der Waals surface area (Å²) in [5.41, 5.74) is 2.04. The standard InChI is InChI=1S/C21H21NO5/c1-26-11-12-27-19-7-3-2-6-17(19)15-8-9-18-16(13-15)5-4-10-21(18,14-23)22-20(24)25/h2-4,6-10,13-14,22H,5,11-12H2,1H3,(H,24,25)/t21-/m1/s1. The van der Waals surface area contributed by atoms with Gasteiger partial charge in [-0.1, -0.05) is 48.6 Å². The zero-order valence-corrected chi connectivity index (χ0v) is 15.0. The topological polar surface area (TPSA) is 84.9 Å². The molecule has 0 fully saturated rings. The van der Waals surface area contributed by atoms with Crippen LogP contribution in [0.25, 0.3) is 11.1 Å². The fourth-order valence-electron chi connectivity index (χ4n) is 3.28. The molecule has 1 aliphatic rings. The summed E-state index contributed by atoms with van der Waals surface area (Å²) in [5, 5.41) is 11.5. The van der Waals surface area contributed by atoms with Gasteiger partial charge in [0.25, 0.3) is 0 Å². The molecule has 0 aliphatic heterocycles. The van der Waals surface area contributed by atoms with E-state index < -0.39 is 11.6 Å². The first-order valence-corrected chi connectivity index (χ1v) is 8.59. The van der Waals surface area contributed by atoms with Gasteiger partial charge in [-0.3, -0.25) is 4.79 Å². The van der Waals surface area contributed by atoms with Crippen LogP contribution in [0.3, 0.4) is 0 Å². The van der Waals surface area contributed by atoms with Crippen LogP contribution < -0.4 is 10.1 Å². The van der Waals surface area contributed by atoms with Crippen molar-refractivity contribution in [3.8, 4) is 16.9 Å². The largest absolute Gasteiger partial charge is 0.491 e. The van der Waals surface area contributed by atoms with Crippen molar-refractivity contribution < 1.29 is 24.2 Å². The van der Waals surface area contributed by atoms with E-state index in [0.717, 1.165) is 22.4 Å². The summed E-state index contributed by atoms with van der Waals surface area (Å²) in [6, 6.07) is 13.3. The van der Waals surface area contributed by atoms with Crippen molar-refractivity contribution in [2.75, 3.05) is 20.3 Å². The lowest BCUT2D eigenvalue weighted by atomic mass is 9.81. The van der Waals surface area contributed by atoms with Crippen LogP contribution in [0.1, 0.15) is 11.1 Å². The van der Waals surface area contributed by atoms with Crippen molar-refractivity contribution in [3.63, 3.8) is 0 Å². The number of hydrogen-bond acceptors (Lipinski definition) is 4. The van der Waals surface area contributed by atoms with Crippen molar-refractivity contribution in [1.29, 1.82) is 0 Å². The third-order valence-electron chi connectivity index (χ3n) is 4.51. The number of benzene rings is 2. The predicted molar refractivity (Wildman–Crippen MR) is 101 cm³/mol. The molecule has 1 atom stereocenters. The minimum atomic E-state index is -1.35. The molecule has 0 radical (unpaired) electrons. The van der Waals surface area contributed by atoms with E-state index in [-0.39, 0.29) is 0 Å². The molecule has 2 aromatic carbocycles. The van der Waals surface area contributed by atoms with Gasteiger partial charge in [0.05, 0.1) is 6.61 Å². The second-order valence-corrected chi connectivity index (χ2v) is 6.23. The number of methoxy groups -OCH3 is 1. The van der Waals surface area contributed by atoms with Crippen molar-refractivity contribution in [1.82, 2.24) is 5.32 Å². The molecule has 0 saturated heterocycles. The molecule has 27 heavy (non-hydrogen) atoms. The van der Waals surface area contributed by atoms with Crippen LogP contribution in [-0.2, 0) is 21.5 Å². The highest BCUT2D eigenvalue weighted by atomic mass is 16.5. The van der Waals surface area contributed by atoms with Gasteiger partial charge >= 0.3 is 6.09 Å². The van der Waals surface area contributed by atoms with Crippen LogP contribution in [0.2, 0.25) is 0 Å². The molecule has 2 N–H and O–H groups in total. The molecule has 6 heteroatoms. The molecular formula is C21H21NO5. The lowest BCUT2D eigenvalue weighted by molar-refractivity contribution is -0.112. The number of carbonyl (C=O) groups is 2. The molecule has 3 rings (SSSR count). The van der Waals surface area contributed by atoms with E-state index in [0.29, 0.717) is 31.5 Å². The number of amides is 1. The van der Waals surface area contributed by atoms with Crippen molar-refractivity contribution in [2.45, 2.75) is 12.0 Å². The molecule has 0 aromatic heterocycles. The summed E-state index contributed by atoms with van der Waals surface area (Å²) in [6.45, 7) is 0.935. The molecule has 1 aliphatic carbocycles. The molecule has 0 saturated carbocycles. The van der Waals surface area contributed by atoms with Gasteiger partial charge in [-0.15, -0.1) is 0 Å². The Bertz CT molecular complexity index is 877. The number of para-hydroxylation sites is 1. The predicted octanol–water partition coefficient (Wildman–Crippen LogP) is 3.15. The lowest BCUT2D eigenvalue weighted by Crippen LogP contribution is -2.46. The molecule has 6 nitrogen and oxygen atoms in total. The molecule has 1 amide bonds. The fourth-order valence-corrected chi connectivity index (χ4v) is 3.28. The zero-order valence-electron chi connectivity index (χ0n) is 15.0. The maximum absolute atomic E-state index is 11.7. The third-order valence-corrected chi connectivity index (χ3v) is 4.51. The Balaban J connectivity index is 1.99. The van der Waals surface area contributed by atoms with E-state index in [1.165, 1.54) is 0 Å².